The lowest BCUT2D eigenvalue weighted by Gasteiger charge is -2.51. The second kappa shape index (κ2) is 19.4. The molecule has 1 spiro atoms. The number of likely N-dealkylation sites (N-methyl/N-ethyl adjacent to an activating group) is 1. The van der Waals surface area contributed by atoms with E-state index in [1.54, 1.807) is 17.2 Å². The minimum atomic E-state index is -4.58. The fourth-order valence-corrected chi connectivity index (χ4v) is 12.7. The van der Waals surface area contributed by atoms with Crippen molar-refractivity contribution in [2.45, 2.75) is 86.8 Å². The molecule has 11 rings (SSSR count). The summed E-state index contributed by atoms with van der Waals surface area (Å²) in [5.41, 5.74) is 5.99. The molecule has 3 N–H and O–H groups in total. The highest BCUT2D eigenvalue weighted by Gasteiger charge is 2.43. The van der Waals surface area contributed by atoms with E-state index in [9.17, 15) is 23.3 Å². The predicted molar refractivity (Wildman–Crippen MR) is 268 cm³/mol. The number of nitrogens with one attached hydrogen (secondary N) is 3. The highest BCUT2D eigenvalue weighted by Crippen LogP contribution is 2.50. The number of amides is 1. The van der Waals surface area contributed by atoms with E-state index in [1.165, 1.54) is 50.7 Å². The Morgan fingerprint density at radius 1 is 0.900 bits per heavy atom. The molecule has 2 aliphatic carbocycles. The number of hydrogen-bond acceptors (Lipinski definition) is 14. The van der Waals surface area contributed by atoms with Crippen LogP contribution in [0.1, 0.15) is 91.2 Å². The maximum atomic E-state index is 14.5. The van der Waals surface area contributed by atoms with Crippen molar-refractivity contribution in [2.24, 2.45) is 5.41 Å². The van der Waals surface area contributed by atoms with Crippen LogP contribution in [-0.2, 0) is 19.5 Å². The van der Waals surface area contributed by atoms with Crippen molar-refractivity contribution in [1.29, 1.82) is 0 Å². The van der Waals surface area contributed by atoms with Gasteiger partial charge in [-0.1, -0.05) is 24.3 Å². The lowest BCUT2D eigenvalue weighted by Crippen LogP contribution is -2.53. The molecular weight excluding hydrogens is 911 g/mol. The minimum Gasteiger partial charge on any atom is -0.476 e. The van der Waals surface area contributed by atoms with Crippen molar-refractivity contribution in [3.63, 3.8) is 0 Å². The summed E-state index contributed by atoms with van der Waals surface area (Å²) in [5.74, 6) is 0.267. The number of aromatic nitrogens is 2. The van der Waals surface area contributed by atoms with E-state index in [2.05, 4.69) is 61.0 Å². The van der Waals surface area contributed by atoms with Crippen LogP contribution in [0, 0.1) is 15.5 Å². The number of rotatable bonds is 12. The Bertz CT molecular complexity index is 2850. The Balaban J connectivity index is 0.828. The average molecular weight is 974 g/mol. The highest BCUT2D eigenvalue weighted by atomic mass is 32.2. The molecule has 3 saturated heterocycles. The largest absolute Gasteiger partial charge is 0.476 e. The molecule has 6 heterocycles. The van der Waals surface area contributed by atoms with Crippen LogP contribution in [0.15, 0.2) is 83.9 Å². The fraction of sp³-hybridized carbons (Fsp3) is 0.500. The number of ether oxygens (including phenoxy) is 3. The van der Waals surface area contributed by atoms with Gasteiger partial charge in [0.15, 0.2) is 0 Å². The first-order valence-electron chi connectivity index (χ1n) is 25.1. The molecule has 2 saturated carbocycles. The monoisotopic (exact) mass is 973 g/mol. The van der Waals surface area contributed by atoms with Gasteiger partial charge in [-0.05, 0) is 130 Å². The number of anilines is 4. The van der Waals surface area contributed by atoms with Gasteiger partial charge in [-0.2, -0.15) is 4.98 Å². The minimum absolute atomic E-state index is 0.121. The maximum Gasteiger partial charge on any atom is 0.293 e. The van der Waals surface area contributed by atoms with Crippen molar-refractivity contribution in [3.8, 4) is 5.88 Å². The van der Waals surface area contributed by atoms with Crippen LogP contribution in [0.3, 0.4) is 0 Å². The summed E-state index contributed by atoms with van der Waals surface area (Å²) in [6.45, 7) is 7.35. The first kappa shape index (κ1) is 46.6. The van der Waals surface area contributed by atoms with Crippen molar-refractivity contribution in [1.82, 2.24) is 24.5 Å². The number of carbonyl (C=O) groups excluding carboxylic acids is 1. The molecule has 5 fully saturated rings. The van der Waals surface area contributed by atoms with Crippen LogP contribution < -0.4 is 24.6 Å². The Kier molecular flexibility index (Phi) is 12.9. The molecule has 5 aromatic rings. The maximum absolute atomic E-state index is 14.5. The van der Waals surface area contributed by atoms with Gasteiger partial charge in [-0.3, -0.25) is 19.8 Å². The van der Waals surface area contributed by atoms with Crippen LogP contribution in [0.4, 0.5) is 28.4 Å². The van der Waals surface area contributed by atoms with Crippen LogP contribution >= 0.6 is 0 Å². The van der Waals surface area contributed by atoms with Crippen LogP contribution in [0.2, 0.25) is 0 Å². The van der Waals surface area contributed by atoms with E-state index < -0.39 is 31.4 Å². The van der Waals surface area contributed by atoms with Gasteiger partial charge >= 0.3 is 0 Å². The quantitative estimate of drug-likeness (QED) is 0.0814. The van der Waals surface area contributed by atoms with E-state index >= 15 is 0 Å². The standard InChI is InChI=1S/C52H63N9O8S/c1-57-24-25-59(48(33-57)42-6-3-2-5-41(42)35-7-8-35)37-13-16-52(17-14-37)18-22-58(23-19-52)38-9-11-43(45(30-38)60-21-4-26-69-51-47(60)29-36-15-20-53-49(36)55-51)50(62)56-70(65,66)40-10-12-44(46(31-40)61(63)64)54-32-39-34-67-27-28-68-39/h2-3,5-6,9-12,15,20,29-31,35,37,39,48,54H,4,7-8,13-14,16-19,21-28,32-34H2,1H3,(H,53,55)(H,56,62)/t39-,48?/m0/s1. The van der Waals surface area contributed by atoms with Gasteiger partial charge in [0.2, 0.25) is 5.88 Å². The molecule has 1 unspecified atom stereocenters. The number of sulfonamides is 1. The number of piperazine rings is 1. The van der Waals surface area contributed by atoms with Gasteiger partial charge in [-0.15, -0.1) is 0 Å². The normalized spacial score (nSPS) is 22.6. The number of hydrogen-bond donors (Lipinski definition) is 3. The molecule has 2 aromatic heterocycles. The first-order valence-corrected chi connectivity index (χ1v) is 26.6. The lowest BCUT2D eigenvalue weighted by molar-refractivity contribution is -0.384. The zero-order valence-corrected chi connectivity index (χ0v) is 40.6. The topological polar surface area (TPSA) is 188 Å². The molecule has 0 radical (unpaired) electrons. The Morgan fingerprint density at radius 3 is 2.49 bits per heavy atom. The van der Waals surface area contributed by atoms with E-state index in [-0.39, 0.29) is 29.3 Å². The number of fused-ring (bicyclic) bond motifs is 2. The smallest absolute Gasteiger partial charge is 0.293 e. The summed E-state index contributed by atoms with van der Waals surface area (Å²) in [7, 11) is -2.32. The molecular formula is C52H63N9O8S. The number of pyridine rings is 1. The zero-order valence-electron chi connectivity index (χ0n) is 39.8. The molecule has 6 aliphatic rings. The number of nitro groups is 1. The van der Waals surface area contributed by atoms with Crippen molar-refractivity contribution >= 4 is 55.4 Å². The molecule has 370 valence electrons. The number of nitro benzene ring substituents is 1. The number of carbonyl (C=O) groups is 1. The van der Waals surface area contributed by atoms with Crippen LogP contribution in [0.5, 0.6) is 5.88 Å². The van der Waals surface area contributed by atoms with Crippen LogP contribution in [0.25, 0.3) is 11.0 Å². The van der Waals surface area contributed by atoms with Gasteiger partial charge in [0.05, 0.1) is 53.6 Å². The van der Waals surface area contributed by atoms with Crippen molar-refractivity contribution < 1.29 is 32.3 Å². The van der Waals surface area contributed by atoms with Crippen LogP contribution in [-0.4, -0.2) is 130 Å². The Hall–Kier alpha value is -5.79. The van der Waals surface area contributed by atoms with Gasteiger partial charge in [-0.25, -0.2) is 13.1 Å². The highest BCUT2D eigenvalue weighted by molar-refractivity contribution is 7.90. The number of nitrogens with zero attached hydrogens (tertiary/aromatic N) is 6. The summed E-state index contributed by atoms with van der Waals surface area (Å²) < 4.78 is 47.5. The molecule has 70 heavy (non-hydrogen) atoms. The van der Waals surface area contributed by atoms with Crippen molar-refractivity contribution in [2.75, 3.05) is 94.4 Å². The third-order valence-electron chi connectivity index (χ3n) is 15.8. The summed E-state index contributed by atoms with van der Waals surface area (Å²) in [6.07, 6.45) is 11.7. The number of H-pyrrole nitrogens is 1. The Morgan fingerprint density at radius 2 is 1.71 bits per heavy atom. The molecule has 2 atom stereocenters. The van der Waals surface area contributed by atoms with Gasteiger partial charge < -0.3 is 39.2 Å². The van der Waals surface area contributed by atoms with E-state index in [0.29, 0.717) is 74.4 Å². The average Bonchev–Trinajstić information content (AvgIpc) is 4.16. The van der Waals surface area contributed by atoms with Gasteiger partial charge in [0.1, 0.15) is 17.0 Å². The summed E-state index contributed by atoms with van der Waals surface area (Å²) >= 11 is 0. The second-order valence-electron chi connectivity index (χ2n) is 20.2. The molecule has 0 bridgehead atoms. The van der Waals surface area contributed by atoms with E-state index in [1.807, 2.05) is 35.4 Å². The summed E-state index contributed by atoms with van der Waals surface area (Å²) in [4.78, 5) is 43.3. The number of piperidine rings is 1. The Labute approximate surface area is 409 Å². The van der Waals surface area contributed by atoms with Crippen molar-refractivity contribution in [3.05, 3.63) is 106 Å². The first-order chi connectivity index (χ1) is 34.0. The fourth-order valence-electron chi connectivity index (χ4n) is 11.8. The molecule has 17 nitrogen and oxygen atoms in total. The summed E-state index contributed by atoms with van der Waals surface area (Å²) in [6, 6.07) is 23.3. The molecule has 18 heteroatoms. The molecule has 3 aromatic carbocycles. The number of benzene rings is 3. The lowest BCUT2D eigenvalue weighted by atomic mass is 9.66. The SMILES string of the molecule is CN1CCN(C2CCC3(CC2)CCN(c2ccc(C(=O)NS(=O)(=O)c4ccc(NC[C@H]5COCCO5)c([N+](=O)[O-])c4)c(N4CCCOc5nc6[nH]ccc6cc54)c2)CC3)C(c2ccccc2C2CC2)C1. The third-order valence-corrected chi connectivity index (χ3v) is 17.2. The van der Waals surface area contributed by atoms with Gasteiger partial charge in [0.25, 0.3) is 21.6 Å². The molecule has 4 aliphatic heterocycles. The van der Waals surface area contributed by atoms with Gasteiger partial charge in [0, 0.05) is 81.2 Å². The predicted octanol–water partition coefficient (Wildman–Crippen LogP) is 7.73. The molecule has 1 amide bonds. The number of aromatic amines is 1. The summed E-state index contributed by atoms with van der Waals surface area (Å²) in [5, 5.41) is 16.1. The van der Waals surface area contributed by atoms with E-state index in [4.69, 9.17) is 19.2 Å². The zero-order chi connectivity index (χ0) is 48.0. The third kappa shape index (κ3) is 9.55. The second-order valence-corrected chi connectivity index (χ2v) is 21.9. The van der Waals surface area contributed by atoms with E-state index in [0.717, 1.165) is 68.6 Å².